The van der Waals surface area contributed by atoms with Crippen LogP contribution in [0.3, 0.4) is 0 Å². The van der Waals surface area contributed by atoms with E-state index in [2.05, 4.69) is 11.3 Å². The van der Waals surface area contributed by atoms with Crippen LogP contribution < -0.4 is 0 Å². The van der Waals surface area contributed by atoms with Crippen LogP contribution in [0.25, 0.3) is 5.57 Å². The fourth-order valence-electron chi connectivity index (χ4n) is 1.67. The minimum Gasteiger partial charge on any atom is -0.465 e. The van der Waals surface area contributed by atoms with E-state index >= 15 is 0 Å². The van der Waals surface area contributed by atoms with E-state index in [9.17, 15) is 4.79 Å². The van der Waals surface area contributed by atoms with Crippen molar-refractivity contribution >= 4 is 34.7 Å². The molecule has 2 aromatic rings. The van der Waals surface area contributed by atoms with Gasteiger partial charge < -0.3 is 9.15 Å². The summed E-state index contributed by atoms with van der Waals surface area (Å²) in [5.74, 6) is 0.000905. The molecule has 0 spiro atoms. The van der Waals surface area contributed by atoms with Gasteiger partial charge in [-0.25, -0.2) is 4.79 Å². The lowest BCUT2D eigenvalue weighted by Crippen LogP contribution is -2.04. The van der Waals surface area contributed by atoms with Crippen molar-refractivity contribution in [2.75, 3.05) is 7.11 Å². The summed E-state index contributed by atoms with van der Waals surface area (Å²) in [5, 5.41) is 0.583. The van der Waals surface area contributed by atoms with Gasteiger partial charge in [-0.05, 0) is 24.3 Å². The Balaban J connectivity index is 2.57. The Labute approximate surface area is 120 Å². The number of ether oxygens (including phenoxy) is 1. The van der Waals surface area contributed by atoms with Crippen molar-refractivity contribution in [1.82, 2.24) is 0 Å². The van der Waals surface area contributed by atoms with E-state index in [1.165, 1.54) is 19.4 Å². The fourth-order valence-corrected chi connectivity index (χ4v) is 2.35. The van der Waals surface area contributed by atoms with Crippen molar-refractivity contribution in [2.45, 2.75) is 0 Å². The zero-order valence-corrected chi connectivity index (χ0v) is 11.6. The summed E-state index contributed by atoms with van der Waals surface area (Å²) >= 11 is 12.3. The van der Waals surface area contributed by atoms with Gasteiger partial charge in [0.2, 0.25) is 0 Å². The van der Waals surface area contributed by atoms with Crippen molar-refractivity contribution in [1.29, 1.82) is 0 Å². The predicted octanol–water partition coefficient (Wildman–Crippen LogP) is 4.43. The van der Waals surface area contributed by atoms with E-state index in [0.29, 0.717) is 21.9 Å². The molecular weight excluding hydrogens is 287 g/mol. The van der Waals surface area contributed by atoms with Crippen LogP contribution in [-0.2, 0) is 4.74 Å². The molecule has 98 valence electrons. The Hall–Kier alpha value is -1.71. The van der Waals surface area contributed by atoms with Crippen LogP contribution in [0.2, 0.25) is 10.0 Å². The normalized spacial score (nSPS) is 10.3. The lowest BCUT2D eigenvalue weighted by Gasteiger charge is -2.11. The van der Waals surface area contributed by atoms with E-state index in [1.807, 2.05) is 0 Å². The number of halogens is 2. The van der Waals surface area contributed by atoms with Crippen molar-refractivity contribution in [3.8, 4) is 0 Å². The summed E-state index contributed by atoms with van der Waals surface area (Å²) in [6, 6.07) is 6.55. The van der Waals surface area contributed by atoms with Crippen LogP contribution in [0.1, 0.15) is 21.7 Å². The maximum absolute atomic E-state index is 11.6. The Bertz CT molecular complexity index is 630. The van der Waals surface area contributed by atoms with E-state index in [0.717, 1.165) is 0 Å². The highest BCUT2D eigenvalue weighted by atomic mass is 35.5. The summed E-state index contributed by atoms with van der Waals surface area (Å²) in [7, 11) is 1.29. The second kappa shape index (κ2) is 5.51. The molecule has 0 bridgehead atoms. The third kappa shape index (κ3) is 2.53. The molecule has 0 aliphatic carbocycles. The largest absolute Gasteiger partial charge is 0.465 e. The average molecular weight is 297 g/mol. The van der Waals surface area contributed by atoms with Gasteiger partial charge in [-0.2, -0.15) is 0 Å². The molecule has 0 atom stereocenters. The summed E-state index contributed by atoms with van der Waals surface area (Å²) in [5.41, 5.74) is 1.20. The molecule has 0 amide bonds. The molecule has 0 radical (unpaired) electrons. The molecule has 3 nitrogen and oxygen atoms in total. The zero-order chi connectivity index (χ0) is 14.0. The zero-order valence-electron chi connectivity index (χ0n) is 10.1. The van der Waals surface area contributed by atoms with E-state index in [-0.39, 0.29) is 10.6 Å². The van der Waals surface area contributed by atoms with E-state index in [1.54, 1.807) is 18.2 Å². The molecule has 0 fully saturated rings. The first-order valence-corrected chi connectivity index (χ1v) is 6.11. The van der Waals surface area contributed by atoms with Crippen LogP contribution in [0.15, 0.2) is 41.5 Å². The number of methoxy groups -OCH3 is 1. The summed E-state index contributed by atoms with van der Waals surface area (Å²) < 4.78 is 9.92. The minimum atomic E-state index is -0.532. The molecule has 0 saturated heterocycles. The molecular formula is C14H10Cl2O3. The second-order valence-corrected chi connectivity index (χ2v) is 4.52. The molecule has 1 heterocycles. The first kappa shape index (κ1) is 13.7. The number of benzene rings is 1. The SMILES string of the molecule is C=C(c1ccco1)c1c(Cl)ccc(C(=O)OC)c1Cl. The van der Waals surface area contributed by atoms with Crippen LogP contribution in [0.5, 0.6) is 0 Å². The fraction of sp³-hybridized carbons (Fsp3) is 0.0714. The Morgan fingerprint density at radius 1 is 1.32 bits per heavy atom. The van der Waals surface area contributed by atoms with E-state index in [4.69, 9.17) is 27.6 Å². The molecule has 1 aromatic carbocycles. The van der Waals surface area contributed by atoms with E-state index < -0.39 is 5.97 Å². The van der Waals surface area contributed by atoms with Crippen LogP contribution >= 0.6 is 23.2 Å². The highest BCUT2D eigenvalue weighted by molar-refractivity contribution is 6.39. The van der Waals surface area contributed by atoms with Gasteiger partial charge in [0.05, 0.1) is 29.0 Å². The highest BCUT2D eigenvalue weighted by Crippen LogP contribution is 2.36. The monoisotopic (exact) mass is 296 g/mol. The minimum absolute atomic E-state index is 0.195. The van der Waals surface area contributed by atoms with Gasteiger partial charge in [-0.1, -0.05) is 29.8 Å². The third-order valence-corrected chi connectivity index (χ3v) is 3.32. The summed E-state index contributed by atoms with van der Waals surface area (Å²) in [6.07, 6.45) is 1.52. The smallest absolute Gasteiger partial charge is 0.339 e. The van der Waals surface area contributed by atoms with Gasteiger partial charge >= 0.3 is 5.97 Å². The topological polar surface area (TPSA) is 39.4 Å². The molecule has 0 saturated carbocycles. The number of hydrogen-bond donors (Lipinski definition) is 0. The van der Waals surface area contributed by atoms with Gasteiger partial charge in [-0.15, -0.1) is 0 Å². The molecule has 0 unspecified atom stereocenters. The number of carbonyl (C=O) groups excluding carboxylic acids is 1. The Kier molecular flexibility index (Phi) is 3.98. The van der Waals surface area contributed by atoms with Crippen LogP contribution in [0, 0.1) is 0 Å². The average Bonchev–Trinajstić information content (AvgIpc) is 2.91. The molecule has 2 rings (SSSR count). The van der Waals surface area contributed by atoms with Crippen LogP contribution in [-0.4, -0.2) is 13.1 Å². The first-order chi connectivity index (χ1) is 9.06. The van der Waals surface area contributed by atoms with Gasteiger partial charge in [0.25, 0.3) is 0 Å². The number of esters is 1. The van der Waals surface area contributed by atoms with Crippen molar-refractivity contribution in [3.05, 3.63) is 64.0 Å². The lowest BCUT2D eigenvalue weighted by atomic mass is 10.0. The molecule has 5 heteroatoms. The van der Waals surface area contributed by atoms with Crippen molar-refractivity contribution in [3.63, 3.8) is 0 Å². The quantitative estimate of drug-likeness (QED) is 0.786. The van der Waals surface area contributed by atoms with Crippen LogP contribution in [0.4, 0.5) is 0 Å². The maximum Gasteiger partial charge on any atom is 0.339 e. The second-order valence-electron chi connectivity index (χ2n) is 3.73. The lowest BCUT2D eigenvalue weighted by molar-refractivity contribution is 0.0601. The molecule has 0 N–H and O–H groups in total. The molecule has 0 aliphatic heterocycles. The number of rotatable bonds is 3. The standard InChI is InChI=1S/C14H10Cl2O3/c1-8(11-4-3-7-19-11)12-10(15)6-5-9(13(12)16)14(17)18-2/h3-7H,1H2,2H3. The predicted molar refractivity (Wildman–Crippen MR) is 74.6 cm³/mol. The number of furan rings is 1. The number of hydrogen-bond acceptors (Lipinski definition) is 3. The first-order valence-electron chi connectivity index (χ1n) is 5.35. The molecule has 0 aliphatic rings. The molecule has 1 aromatic heterocycles. The highest BCUT2D eigenvalue weighted by Gasteiger charge is 2.20. The molecule has 19 heavy (non-hydrogen) atoms. The van der Waals surface area contributed by atoms with Crippen molar-refractivity contribution in [2.24, 2.45) is 0 Å². The van der Waals surface area contributed by atoms with Gasteiger partial charge in [-0.3, -0.25) is 0 Å². The third-order valence-electron chi connectivity index (χ3n) is 2.62. The summed E-state index contributed by atoms with van der Waals surface area (Å²) in [4.78, 5) is 11.6. The Morgan fingerprint density at radius 3 is 2.63 bits per heavy atom. The van der Waals surface area contributed by atoms with Crippen molar-refractivity contribution < 1.29 is 13.9 Å². The van der Waals surface area contributed by atoms with Gasteiger partial charge in [0.15, 0.2) is 0 Å². The van der Waals surface area contributed by atoms with Gasteiger partial charge in [0, 0.05) is 11.1 Å². The Morgan fingerprint density at radius 2 is 2.05 bits per heavy atom. The van der Waals surface area contributed by atoms with Gasteiger partial charge in [0.1, 0.15) is 5.76 Å². The summed E-state index contributed by atoms with van der Waals surface area (Å²) in [6.45, 7) is 3.90. The number of carbonyl (C=O) groups is 1. The maximum atomic E-state index is 11.6.